The molecule has 0 bridgehead atoms. The highest BCUT2D eigenvalue weighted by atomic mass is 32.2. The van der Waals surface area contributed by atoms with Gasteiger partial charge in [0.25, 0.3) is 0 Å². The molecular formula is C15H21F2NO2S. The van der Waals surface area contributed by atoms with Crippen molar-refractivity contribution in [3.8, 4) is 5.75 Å². The van der Waals surface area contributed by atoms with Crippen molar-refractivity contribution < 1.29 is 18.1 Å². The molecule has 1 rings (SSSR count). The maximum absolute atomic E-state index is 12.3. The van der Waals surface area contributed by atoms with Gasteiger partial charge in [-0.15, -0.1) is 11.3 Å². The summed E-state index contributed by atoms with van der Waals surface area (Å²) in [5.74, 6) is 0.0832. The van der Waals surface area contributed by atoms with Crippen LogP contribution >= 0.6 is 0 Å². The van der Waals surface area contributed by atoms with Crippen LogP contribution in [0.25, 0.3) is 0 Å². The number of alkyl halides is 2. The highest BCUT2D eigenvalue weighted by Crippen LogP contribution is 2.26. The summed E-state index contributed by atoms with van der Waals surface area (Å²) in [7, 11) is 0. The van der Waals surface area contributed by atoms with Crippen LogP contribution in [0, 0.1) is 0 Å². The molecule has 1 aromatic carbocycles. The van der Waals surface area contributed by atoms with Crippen LogP contribution in [0.4, 0.5) is 8.78 Å². The van der Waals surface area contributed by atoms with Crippen LogP contribution in [0.5, 0.6) is 5.75 Å². The van der Waals surface area contributed by atoms with E-state index in [-0.39, 0.29) is 11.8 Å². The molecule has 2 atom stereocenters. The van der Waals surface area contributed by atoms with Gasteiger partial charge in [0.1, 0.15) is 10.5 Å². The first-order chi connectivity index (χ1) is 9.74. The molecular weight excluding hydrogens is 296 g/mol. The predicted molar refractivity (Wildman–Crippen MR) is 81.7 cm³/mol. The monoisotopic (exact) mass is 317 g/mol. The van der Waals surface area contributed by atoms with Gasteiger partial charge in [0, 0.05) is 11.4 Å². The summed E-state index contributed by atoms with van der Waals surface area (Å²) < 4.78 is 43.7. The molecule has 0 aliphatic carbocycles. The number of benzene rings is 1. The second kappa shape index (κ2) is 7.77. The Morgan fingerprint density at radius 1 is 1.43 bits per heavy atom. The predicted octanol–water partition coefficient (Wildman–Crippen LogP) is 3.96. The quantitative estimate of drug-likeness (QED) is 0.611. The van der Waals surface area contributed by atoms with Gasteiger partial charge < -0.3 is 9.29 Å². The molecule has 0 spiro atoms. The van der Waals surface area contributed by atoms with Crippen molar-refractivity contribution in [2.24, 2.45) is 0 Å². The Kier molecular flexibility index (Phi) is 6.64. The maximum atomic E-state index is 12.3. The molecule has 0 saturated heterocycles. The van der Waals surface area contributed by atoms with Crippen LogP contribution in [0.2, 0.25) is 0 Å². The molecule has 0 saturated carbocycles. The Bertz CT molecular complexity index is 463. The van der Waals surface area contributed by atoms with Gasteiger partial charge in [0.05, 0.1) is 6.04 Å². The summed E-state index contributed by atoms with van der Waals surface area (Å²) in [6.07, 6.45) is 2.22. The van der Waals surface area contributed by atoms with Gasteiger partial charge in [0.2, 0.25) is 0 Å². The number of ether oxygens (including phenoxy) is 1. The third-order valence-electron chi connectivity index (χ3n) is 2.69. The van der Waals surface area contributed by atoms with Crippen molar-refractivity contribution in [1.82, 2.24) is 4.72 Å². The molecule has 1 aromatic rings. The molecule has 0 radical (unpaired) electrons. The summed E-state index contributed by atoms with van der Waals surface area (Å²) in [5, 5.41) is 0. The molecule has 0 aliphatic heterocycles. The third-order valence-corrected chi connectivity index (χ3v) is 4.30. The Labute approximate surface area is 127 Å². The molecule has 0 unspecified atom stereocenters. The first-order valence-electron chi connectivity index (χ1n) is 6.57. The van der Waals surface area contributed by atoms with Crippen molar-refractivity contribution >= 4 is 11.4 Å². The minimum Gasteiger partial charge on any atom is -0.598 e. The van der Waals surface area contributed by atoms with E-state index in [2.05, 4.69) is 16.0 Å². The Morgan fingerprint density at radius 2 is 2.10 bits per heavy atom. The zero-order chi connectivity index (χ0) is 16.0. The van der Waals surface area contributed by atoms with Crippen LogP contribution in [0.15, 0.2) is 36.9 Å². The van der Waals surface area contributed by atoms with Gasteiger partial charge in [-0.25, -0.2) is 0 Å². The van der Waals surface area contributed by atoms with Gasteiger partial charge in [-0.3, -0.25) is 0 Å². The fraction of sp³-hybridized carbons (Fsp3) is 0.467. The lowest BCUT2D eigenvalue weighted by Gasteiger charge is -2.27. The summed E-state index contributed by atoms with van der Waals surface area (Å²) in [6, 6.07) is 6.11. The molecule has 1 N–H and O–H groups in total. The maximum Gasteiger partial charge on any atom is 0.387 e. The fourth-order valence-corrected chi connectivity index (χ4v) is 2.48. The average Bonchev–Trinajstić information content (AvgIpc) is 2.36. The van der Waals surface area contributed by atoms with E-state index in [9.17, 15) is 13.3 Å². The number of hydrogen-bond acceptors (Lipinski definition) is 3. The Morgan fingerprint density at radius 3 is 2.62 bits per heavy atom. The van der Waals surface area contributed by atoms with Gasteiger partial charge in [-0.2, -0.15) is 8.78 Å². The van der Waals surface area contributed by atoms with Crippen LogP contribution in [0.1, 0.15) is 38.8 Å². The van der Waals surface area contributed by atoms with E-state index in [4.69, 9.17) is 0 Å². The van der Waals surface area contributed by atoms with Crippen LogP contribution < -0.4 is 9.46 Å². The second-order valence-corrected chi connectivity index (χ2v) is 7.52. The zero-order valence-corrected chi connectivity index (χ0v) is 13.3. The van der Waals surface area contributed by atoms with E-state index in [1.54, 1.807) is 18.2 Å². The van der Waals surface area contributed by atoms with E-state index in [0.29, 0.717) is 6.42 Å². The van der Waals surface area contributed by atoms with Gasteiger partial charge in [0.15, 0.2) is 0 Å². The smallest absolute Gasteiger partial charge is 0.387 e. The summed E-state index contributed by atoms with van der Waals surface area (Å²) in [5.41, 5.74) is 0.727. The number of nitrogens with one attached hydrogen (secondary N) is 1. The molecule has 6 heteroatoms. The summed E-state index contributed by atoms with van der Waals surface area (Å²) in [6.45, 7) is 6.39. The number of hydrogen-bond donors (Lipinski definition) is 1. The number of halogens is 2. The largest absolute Gasteiger partial charge is 0.598 e. The van der Waals surface area contributed by atoms with E-state index in [1.165, 1.54) is 12.1 Å². The van der Waals surface area contributed by atoms with E-state index < -0.39 is 22.7 Å². The fourth-order valence-electron chi connectivity index (χ4n) is 1.63. The molecule has 21 heavy (non-hydrogen) atoms. The van der Waals surface area contributed by atoms with Crippen molar-refractivity contribution in [2.45, 2.75) is 44.6 Å². The van der Waals surface area contributed by atoms with E-state index >= 15 is 0 Å². The van der Waals surface area contributed by atoms with Crippen molar-refractivity contribution in [3.63, 3.8) is 0 Å². The van der Waals surface area contributed by atoms with Crippen LogP contribution in [-0.2, 0) is 11.4 Å². The SMILES string of the molecule is C=CC[C@H](N[S@+]([O-])C(C)(C)C)c1cccc(OC(F)F)c1. The average molecular weight is 317 g/mol. The summed E-state index contributed by atoms with van der Waals surface area (Å²) >= 11 is -1.27. The van der Waals surface area contributed by atoms with E-state index in [0.717, 1.165) is 5.56 Å². The molecule has 0 fully saturated rings. The highest BCUT2D eigenvalue weighted by molar-refractivity contribution is 7.90. The van der Waals surface area contributed by atoms with Crippen molar-refractivity contribution in [3.05, 3.63) is 42.5 Å². The minimum atomic E-state index is -2.87. The first kappa shape index (κ1) is 17.9. The molecule has 118 valence electrons. The zero-order valence-electron chi connectivity index (χ0n) is 12.4. The molecule has 0 amide bonds. The van der Waals surface area contributed by atoms with E-state index in [1.807, 2.05) is 20.8 Å². The van der Waals surface area contributed by atoms with Gasteiger partial charge in [-0.1, -0.05) is 18.2 Å². The Balaban J connectivity index is 2.92. The molecule has 0 aromatic heterocycles. The molecule has 0 aliphatic rings. The normalized spacial score (nSPS) is 14.8. The lowest BCUT2D eigenvalue weighted by Crippen LogP contribution is -2.41. The third kappa shape index (κ3) is 6.03. The van der Waals surface area contributed by atoms with Crippen LogP contribution in [-0.4, -0.2) is 15.9 Å². The minimum absolute atomic E-state index is 0.0832. The van der Waals surface area contributed by atoms with Gasteiger partial charge in [-0.05, 0) is 44.9 Å². The second-order valence-electron chi connectivity index (χ2n) is 5.53. The van der Waals surface area contributed by atoms with Crippen molar-refractivity contribution in [1.29, 1.82) is 0 Å². The molecule has 3 nitrogen and oxygen atoms in total. The van der Waals surface area contributed by atoms with Crippen molar-refractivity contribution in [2.75, 3.05) is 0 Å². The lowest BCUT2D eigenvalue weighted by molar-refractivity contribution is -0.0499. The number of rotatable bonds is 7. The topological polar surface area (TPSA) is 44.3 Å². The first-order valence-corrected chi connectivity index (χ1v) is 7.72. The Hall–Kier alpha value is -1.11. The highest BCUT2D eigenvalue weighted by Gasteiger charge is 2.29. The molecule has 0 heterocycles. The lowest BCUT2D eigenvalue weighted by atomic mass is 10.0. The standard InChI is InChI=1S/C15H21F2NO2S/c1-5-7-13(18-21(19)15(2,3)4)11-8-6-9-12(10-11)20-14(16)17/h5-6,8-10,13-14,18H,1,7H2,2-4H3/t13-,21+/m0/s1. The summed E-state index contributed by atoms with van der Waals surface area (Å²) in [4.78, 5) is 0. The van der Waals surface area contributed by atoms with Gasteiger partial charge >= 0.3 is 6.61 Å². The van der Waals surface area contributed by atoms with Crippen LogP contribution in [0.3, 0.4) is 0 Å².